The molecule has 0 unspecified atom stereocenters. The van der Waals surface area contributed by atoms with E-state index in [0.29, 0.717) is 6.04 Å². The number of nitrogens with zero attached hydrogens (tertiary/aromatic N) is 2. The maximum Gasteiger partial charge on any atom is 0.0366 e. The largest absolute Gasteiger partial charge is 0.371 e. The fourth-order valence-electron chi connectivity index (χ4n) is 3.20. The first-order valence-corrected chi connectivity index (χ1v) is 7.87. The van der Waals surface area contributed by atoms with Crippen molar-refractivity contribution < 1.29 is 0 Å². The average molecular weight is 280 g/mol. The zero-order chi connectivity index (χ0) is 14.5. The van der Waals surface area contributed by atoms with E-state index in [1.54, 1.807) is 0 Å². The molecule has 0 atom stereocenters. The van der Waals surface area contributed by atoms with Gasteiger partial charge in [-0.2, -0.15) is 0 Å². The number of benzene rings is 2. The topological polar surface area (TPSA) is 6.48 Å². The minimum absolute atomic E-state index is 0.699. The molecule has 0 amide bonds. The lowest BCUT2D eigenvalue weighted by Crippen LogP contribution is -2.43. The van der Waals surface area contributed by atoms with Crippen molar-refractivity contribution in [2.24, 2.45) is 0 Å². The van der Waals surface area contributed by atoms with Crippen LogP contribution in [-0.2, 0) is 6.54 Å². The summed E-state index contributed by atoms with van der Waals surface area (Å²) in [6.45, 7) is 3.37. The third kappa shape index (κ3) is 3.64. The molecule has 1 heterocycles. The van der Waals surface area contributed by atoms with Gasteiger partial charge < -0.3 is 4.90 Å². The first-order valence-electron chi connectivity index (χ1n) is 7.87. The van der Waals surface area contributed by atoms with Gasteiger partial charge in [-0.25, -0.2) is 0 Å². The van der Waals surface area contributed by atoms with Crippen LogP contribution in [0.3, 0.4) is 0 Å². The molecule has 2 aromatic carbocycles. The van der Waals surface area contributed by atoms with Crippen LogP contribution >= 0.6 is 0 Å². The predicted molar refractivity (Wildman–Crippen MR) is 89.6 cm³/mol. The van der Waals surface area contributed by atoms with Crippen LogP contribution in [0.5, 0.6) is 0 Å². The molecule has 0 radical (unpaired) electrons. The van der Waals surface area contributed by atoms with Gasteiger partial charge in [-0.15, -0.1) is 0 Å². The van der Waals surface area contributed by atoms with Crippen molar-refractivity contribution in [2.45, 2.75) is 25.4 Å². The summed E-state index contributed by atoms with van der Waals surface area (Å²) in [7, 11) is 2.26. The number of rotatable bonds is 4. The highest BCUT2D eigenvalue weighted by Gasteiger charge is 2.22. The number of para-hydroxylation sites is 1. The van der Waals surface area contributed by atoms with Gasteiger partial charge in [-0.05, 0) is 37.6 Å². The van der Waals surface area contributed by atoms with E-state index in [-0.39, 0.29) is 0 Å². The third-order valence-corrected chi connectivity index (χ3v) is 4.48. The van der Waals surface area contributed by atoms with Crippen LogP contribution in [0.1, 0.15) is 18.4 Å². The number of piperidine rings is 1. The lowest BCUT2D eigenvalue weighted by Gasteiger charge is -2.38. The van der Waals surface area contributed by atoms with Gasteiger partial charge in [0, 0.05) is 31.4 Å². The monoisotopic (exact) mass is 280 g/mol. The molecule has 21 heavy (non-hydrogen) atoms. The van der Waals surface area contributed by atoms with E-state index in [4.69, 9.17) is 0 Å². The van der Waals surface area contributed by atoms with E-state index in [2.05, 4.69) is 77.5 Å². The van der Waals surface area contributed by atoms with Crippen LogP contribution in [0.15, 0.2) is 60.7 Å². The standard InChI is InChI=1S/C19H24N2/c1-20(16-17-8-4-2-5-9-17)18-12-14-21(15-13-18)19-10-6-3-7-11-19/h2-11,18H,12-16H2,1H3. The molecular weight excluding hydrogens is 256 g/mol. The lowest BCUT2D eigenvalue weighted by molar-refractivity contribution is 0.200. The van der Waals surface area contributed by atoms with Crippen LogP contribution < -0.4 is 4.90 Å². The Morgan fingerprint density at radius 3 is 2.10 bits per heavy atom. The minimum atomic E-state index is 0.699. The van der Waals surface area contributed by atoms with E-state index in [1.807, 2.05) is 0 Å². The molecule has 3 rings (SSSR count). The number of anilines is 1. The smallest absolute Gasteiger partial charge is 0.0366 e. The predicted octanol–water partition coefficient (Wildman–Crippen LogP) is 3.79. The Balaban J connectivity index is 1.53. The van der Waals surface area contributed by atoms with Gasteiger partial charge in [0.15, 0.2) is 0 Å². The maximum atomic E-state index is 2.51. The summed E-state index contributed by atoms with van der Waals surface area (Å²) in [4.78, 5) is 5.02. The molecule has 2 aromatic rings. The first-order chi connectivity index (χ1) is 10.3. The highest BCUT2D eigenvalue weighted by atomic mass is 15.2. The third-order valence-electron chi connectivity index (χ3n) is 4.48. The number of hydrogen-bond donors (Lipinski definition) is 0. The van der Waals surface area contributed by atoms with E-state index in [1.165, 1.54) is 24.1 Å². The van der Waals surface area contributed by atoms with Crippen molar-refractivity contribution in [1.29, 1.82) is 0 Å². The van der Waals surface area contributed by atoms with Crippen molar-refractivity contribution >= 4 is 5.69 Å². The summed E-state index contributed by atoms with van der Waals surface area (Å²) in [6.07, 6.45) is 2.50. The molecule has 1 fully saturated rings. The Morgan fingerprint density at radius 1 is 0.905 bits per heavy atom. The van der Waals surface area contributed by atoms with Gasteiger partial charge in [-0.1, -0.05) is 48.5 Å². The fraction of sp³-hybridized carbons (Fsp3) is 0.368. The molecule has 1 saturated heterocycles. The quantitative estimate of drug-likeness (QED) is 0.841. The molecule has 0 bridgehead atoms. The molecule has 0 saturated carbocycles. The summed E-state index contributed by atoms with van der Waals surface area (Å²) in [6, 6.07) is 22.2. The van der Waals surface area contributed by atoms with Crippen molar-refractivity contribution in [2.75, 3.05) is 25.0 Å². The van der Waals surface area contributed by atoms with Crippen LogP contribution in [0.4, 0.5) is 5.69 Å². The van der Waals surface area contributed by atoms with Gasteiger partial charge in [0.2, 0.25) is 0 Å². The Labute approximate surface area is 128 Å². The zero-order valence-electron chi connectivity index (χ0n) is 12.8. The average Bonchev–Trinajstić information content (AvgIpc) is 2.57. The fourth-order valence-corrected chi connectivity index (χ4v) is 3.20. The van der Waals surface area contributed by atoms with Crippen molar-refractivity contribution in [3.8, 4) is 0 Å². The lowest BCUT2D eigenvalue weighted by atomic mass is 10.0. The van der Waals surface area contributed by atoms with E-state index in [9.17, 15) is 0 Å². The molecule has 2 nitrogen and oxygen atoms in total. The summed E-state index contributed by atoms with van der Waals surface area (Å²) in [5.41, 5.74) is 2.77. The van der Waals surface area contributed by atoms with Crippen LogP contribution in [0.2, 0.25) is 0 Å². The zero-order valence-corrected chi connectivity index (χ0v) is 12.8. The van der Waals surface area contributed by atoms with Crippen molar-refractivity contribution in [3.63, 3.8) is 0 Å². The first kappa shape index (κ1) is 14.2. The maximum absolute atomic E-state index is 2.51. The molecule has 2 heteroatoms. The van der Waals surface area contributed by atoms with Gasteiger partial charge in [0.25, 0.3) is 0 Å². The van der Waals surface area contributed by atoms with E-state index < -0.39 is 0 Å². The summed E-state index contributed by atoms with van der Waals surface area (Å²) < 4.78 is 0. The Kier molecular flexibility index (Phi) is 4.56. The van der Waals surface area contributed by atoms with Gasteiger partial charge >= 0.3 is 0 Å². The van der Waals surface area contributed by atoms with Gasteiger partial charge in [0.05, 0.1) is 0 Å². The van der Waals surface area contributed by atoms with Gasteiger partial charge in [-0.3, -0.25) is 4.90 Å². The summed E-state index contributed by atoms with van der Waals surface area (Å²) >= 11 is 0. The SMILES string of the molecule is CN(Cc1ccccc1)C1CCN(c2ccccc2)CC1. The van der Waals surface area contributed by atoms with E-state index in [0.717, 1.165) is 19.6 Å². The molecule has 0 spiro atoms. The highest BCUT2D eigenvalue weighted by Crippen LogP contribution is 2.22. The summed E-state index contributed by atoms with van der Waals surface area (Å²) in [5.74, 6) is 0. The molecule has 0 aliphatic carbocycles. The second-order valence-corrected chi connectivity index (χ2v) is 5.95. The van der Waals surface area contributed by atoms with Crippen LogP contribution in [-0.4, -0.2) is 31.1 Å². The second kappa shape index (κ2) is 6.77. The van der Waals surface area contributed by atoms with Crippen molar-refractivity contribution in [1.82, 2.24) is 4.90 Å². The Morgan fingerprint density at radius 2 is 1.48 bits per heavy atom. The second-order valence-electron chi connectivity index (χ2n) is 5.95. The normalized spacial score (nSPS) is 16.4. The number of hydrogen-bond acceptors (Lipinski definition) is 2. The van der Waals surface area contributed by atoms with Crippen molar-refractivity contribution in [3.05, 3.63) is 66.2 Å². The van der Waals surface area contributed by atoms with Gasteiger partial charge in [0.1, 0.15) is 0 Å². The summed E-state index contributed by atoms with van der Waals surface area (Å²) in [5, 5.41) is 0. The Bertz CT molecular complexity index is 530. The molecule has 0 N–H and O–H groups in total. The molecular formula is C19H24N2. The molecule has 110 valence electrons. The van der Waals surface area contributed by atoms with E-state index >= 15 is 0 Å². The molecule has 1 aliphatic rings. The van der Waals surface area contributed by atoms with Crippen LogP contribution in [0.25, 0.3) is 0 Å². The minimum Gasteiger partial charge on any atom is -0.371 e. The Hall–Kier alpha value is -1.80. The highest BCUT2D eigenvalue weighted by molar-refractivity contribution is 5.46. The van der Waals surface area contributed by atoms with Crippen LogP contribution in [0, 0.1) is 0 Å². The molecule has 1 aliphatic heterocycles. The molecule has 0 aromatic heterocycles.